The molecule has 2 N–H and O–H groups in total. The monoisotopic (exact) mass is 329 g/mol. The Hall–Kier alpha value is -2.69. The molecule has 0 heterocycles. The zero-order valence-electron chi connectivity index (χ0n) is 13.6. The molecule has 0 saturated carbocycles. The number of aliphatic carboxylic acids is 1. The van der Waals surface area contributed by atoms with Crippen molar-refractivity contribution in [1.82, 2.24) is 0 Å². The van der Waals surface area contributed by atoms with Gasteiger partial charge >= 0.3 is 5.97 Å². The summed E-state index contributed by atoms with van der Waals surface area (Å²) < 4.78 is 13.7. The Kier molecular flexibility index (Phi) is 5.68. The van der Waals surface area contributed by atoms with Crippen molar-refractivity contribution in [3.63, 3.8) is 0 Å². The summed E-state index contributed by atoms with van der Waals surface area (Å²) in [6, 6.07) is 13.1. The van der Waals surface area contributed by atoms with Crippen molar-refractivity contribution in [3.8, 4) is 0 Å². The lowest BCUT2D eigenvalue weighted by atomic mass is 9.96. The fraction of sp³-hybridized carbons (Fsp3) is 0.263. The molecule has 0 saturated heterocycles. The van der Waals surface area contributed by atoms with E-state index in [1.165, 1.54) is 6.07 Å². The van der Waals surface area contributed by atoms with Gasteiger partial charge in [0.25, 0.3) is 0 Å². The summed E-state index contributed by atoms with van der Waals surface area (Å²) >= 11 is 0. The predicted molar refractivity (Wildman–Crippen MR) is 90.6 cm³/mol. The standard InChI is InChI=1S/C19H20FNO3/c1-12(16-8-3-4-9-17(16)20)10-18(22)21-15-7-5-6-14(11-15)13(2)19(23)24/h3-9,11-13H,10H2,1-2H3,(H,21,22)(H,23,24). The Morgan fingerprint density at radius 3 is 2.50 bits per heavy atom. The van der Waals surface area contributed by atoms with E-state index in [9.17, 15) is 14.0 Å². The maximum absolute atomic E-state index is 13.7. The van der Waals surface area contributed by atoms with Crippen LogP contribution in [0.3, 0.4) is 0 Å². The highest BCUT2D eigenvalue weighted by molar-refractivity contribution is 5.91. The molecule has 0 radical (unpaired) electrons. The Bertz CT molecular complexity index is 745. The van der Waals surface area contributed by atoms with Crippen molar-refractivity contribution in [2.75, 3.05) is 5.32 Å². The van der Waals surface area contributed by atoms with Gasteiger partial charge in [0.15, 0.2) is 0 Å². The van der Waals surface area contributed by atoms with Crippen LogP contribution in [-0.2, 0) is 9.59 Å². The Morgan fingerprint density at radius 1 is 1.12 bits per heavy atom. The first kappa shape index (κ1) is 17.7. The second kappa shape index (κ2) is 7.73. The van der Waals surface area contributed by atoms with E-state index < -0.39 is 11.9 Å². The lowest BCUT2D eigenvalue weighted by molar-refractivity contribution is -0.138. The van der Waals surface area contributed by atoms with Gasteiger partial charge in [-0.25, -0.2) is 4.39 Å². The maximum Gasteiger partial charge on any atom is 0.310 e. The van der Waals surface area contributed by atoms with Gasteiger partial charge in [-0.05, 0) is 42.2 Å². The van der Waals surface area contributed by atoms with Crippen LogP contribution in [0.5, 0.6) is 0 Å². The summed E-state index contributed by atoms with van der Waals surface area (Å²) in [5.41, 5.74) is 1.65. The van der Waals surface area contributed by atoms with Crippen molar-refractivity contribution in [2.45, 2.75) is 32.1 Å². The molecule has 0 spiro atoms. The number of rotatable bonds is 6. The Balaban J connectivity index is 2.04. The summed E-state index contributed by atoms with van der Waals surface area (Å²) in [5.74, 6) is -2.40. The molecule has 5 heteroatoms. The first-order chi connectivity index (χ1) is 11.4. The minimum Gasteiger partial charge on any atom is -0.481 e. The van der Waals surface area contributed by atoms with Crippen LogP contribution in [0, 0.1) is 5.82 Å². The van der Waals surface area contributed by atoms with Crippen LogP contribution < -0.4 is 5.32 Å². The number of hydrogen-bond acceptors (Lipinski definition) is 2. The molecule has 2 rings (SSSR count). The topological polar surface area (TPSA) is 66.4 Å². The number of benzene rings is 2. The second-order valence-corrected chi connectivity index (χ2v) is 5.86. The molecule has 2 aromatic carbocycles. The molecule has 0 aromatic heterocycles. The molecule has 2 atom stereocenters. The van der Waals surface area contributed by atoms with Gasteiger partial charge in [0.05, 0.1) is 5.92 Å². The number of carboxylic acid groups (broad SMARTS) is 1. The second-order valence-electron chi connectivity index (χ2n) is 5.86. The van der Waals surface area contributed by atoms with Crippen molar-refractivity contribution < 1.29 is 19.1 Å². The summed E-state index contributed by atoms with van der Waals surface area (Å²) in [6.07, 6.45) is 0.139. The van der Waals surface area contributed by atoms with Crippen molar-refractivity contribution >= 4 is 17.6 Å². The highest BCUT2D eigenvalue weighted by atomic mass is 19.1. The number of anilines is 1. The van der Waals surface area contributed by atoms with E-state index >= 15 is 0 Å². The molecular weight excluding hydrogens is 309 g/mol. The first-order valence-electron chi connectivity index (χ1n) is 7.75. The number of hydrogen-bond donors (Lipinski definition) is 2. The van der Waals surface area contributed by atoms with Gasteiger partial charge in [0.1, 0.15) is 5.82 Å². The van der Waals surface area contributed by atoms with Gasteiger partial charge in [-0.1, -0.05) is 37.3 Å². The van der Waals surface area contributed by atoms with E-state index in [0.29, 0.717) is 16.8 Å². The minimum absolute atomic E-state index is 0.139. The Morgan fingerprint density at radius 2 is 1.83 bits per heavy atom. The third-order valence-electron chi connectivity index (χ3n) is 3.97. The zero-order chi connectivity index (χ0) is 17.7. The third kappa shape index (κ3) is 4.41. The third-order valence-corrected chi connectivity index (χ3v) is 3.97. The number of nitrogens with one attached hydrogen (secondary N) is 1. The van der Waals surface area contributed by atoms with Gasteiger partial charge in [0, 0.05) is 12.1 Å². The number of halogens is 1. The molecule has 24 heavy (non-hydrogen) atoms. The SMILES string of the molecule is CC(CC(=O)Nc1cccc(C(C)C(=O)O)c1)c1ccccc1F. The molecular formula is C19H20FNO3. The zero-order valence-corrected chi connectivity index (χ0v) is 13.6. The van der Waals surface area contributed by atoms with E-state index in [1.54, 1.807) is 56.3 Å². The maximum atomic E-state index is 13.7. The van der Waals surface area contributed by atoms with Crippen molar-refractivity contribution in [2.24, 2.45) is 0 Å². The summed E-state index contributed by atoms with van der Waals surface area (Å²) in [5, 5.41) is 11.8. The molecule has 1 amide bonds. The van der Waals surface area contributed by atoms with Crippen LogP contribution in [0.25, 0.3) is 0 Å². The molecule has 2 aromatic rings. The van der Waals surface area contributed by atoms with Crippen LogP contribution >= 0.6 is 0 Å². The lowest BCUT2D eigenvalue weighted by Gasteiger charge is -2.14. The molecule has 2 unspecified atom stereocenters. The van der Waals surface area contributed by atoms with Crippen molar-refractivity contribution in [1.29, 1.82) is 0 Å². The summed E-state index contributed by atoms with van der Waals surface area (Å²) in [6.45, 7) is 3.38. The highest BCUT2D eigenvalue weighted by Gasteiger charge is 2.16. The van der Waals surface area contributed by atoms with Crippen LogP contribution in [-0.4, -0.2) is 17.0 Å². The van der Waals surface area contributed by atoms with E-state index in [0.717, 1.165) is 0 Å². The number of carbonyl (C=O) groups excluding carboxylic acids is 1. The summed E-state index contributed by atoms with van der Waals surface area (Å²) in [7, 11) is 0. The highest BCUT2D eigenvalue weighted by Crippen LogP contribution is 2.23. The van der Waals surface area contributed by atoms with Crippen LogP contribution in [0.2, 0.25) is 0 Å². The smallest absolute Gasteiger partial charge is 0.310 e. The predicted octanol–water partition coefficient (Wildman–Crippen LogP) is 4.15. The average Bonchev–Trinajstić information content (AvgIpc) is 2.54. The van der Waals surface area contributed by atoms with E-state index in [1.807, 2.05) is 0 Å². The fourth-order valence-corrected chi connectivity index (χ4v) is 2.50. The number of amides is 1. The van der Waals surface area contributed by atoms with E-state index in [-0.39, 0.29) is 24.1 Å². The molecule has 126 valence electrons. The summed E-state index contributed by atoms with van der Waals surface area (Å²) in [4.78, 5) is 23.2. The van der Waals surface area contributed by atoms with Gasteiger partial charge in [0.2, 0.25) is 5.91 Å². The van der Waals surface area contributed by atoms with Crippen LogP contribution in [0.4, 0.5) is 10.1 Å². The van der Waals surface area contributed by atoms with Gasteiger partial charge in [-0.3, -0.25) is 9.59 Å². The largest absolute Gasteiger partial charge is 0.481 e. The fourth-order valence-electron chi connectivity index (χ4n) is 2.50. The first-order valence-corrected chi connectivity index (χ1v) is 7.75. The van der Waals surface area contributed by atoms with Gasteiger partial charge in [-0.2, -0.15) is 0 Å². The normalized spacial score (nSPS) is 13.1. The molecule has 0 aliphatic heterocycles. The van der Waals surface area contributed by atoms with E-state index in [2.05, 4.69) is 5.32 Å². The average molecular weight is 329 g/mol. The van der Waals surface area contributed by atoms with E-state index in [4.69, 9.17) is 5.11 Å². The quantitative estimate of drug-likeness (QED) is 0.837. The lowest BCUT2D eigenvalue weighted by Crippen LogP contribution is -2.15. The van der Waals surface area contributed by atoms with Crippen LogP contribution in [0.15, 0.2) is 48.5 Å². The van der Waals surface area contributed by atoms with Gasteiger partial charge in [-0.15, -0.1) is 0 Å². The van der Waals surface area contributed by atoms with Crippen LogP contribution in [0.1, 0.15) is 43.2 Å². The number of carbonyl (C=O) groups is 2. The Labute approximate surface area is 140 Å². The number of carboxylic acids is 1. The molecule has 0 fully saturated rings. The molecule has 0 aliphatic rings. The van der Waals surface area contributed by atoms with Crippen molar-refractivity contribution in [3.05, 3.63) is 65.5 Å². The minimum atomic E-state index is -0.924. The molecule has 4 nitrogen and oxygen atoms in total. The van der Waals surface area contributed by atoms with Gasteiger partial charge < -0.3 is 10.4 Å². The molecule has 0 aliphatic carbocycles. The molecule has 0 bridgehead atoms.